The molecule has 2 unspecified atom stereocenters. The van der Waals surface area contributed by atoms with Crippen molar-refractivity contribution in [2.24, 2.45) is 17.3 Å². The fourth-order valence-electron chi connectivity index (χ4n) is 3.25. The number of benzene rings is 2. The predicted octanol–water partition coefficient (Wildman–Crippen LogP) is 4.24. The van der Waals surface area contributed by atoms with E-state index in [4.69, 9.17) is 0 Å². The largest absolute Gasteiger partial charge is 0.299 e. The van der Waals surface area contributed by atoms with E-state index in [2.05, 4.69) is 51.1 Å². The first kappa shape index (κ1) is 12.4. The molecule has 0 N–H and O–H groups in total. The van der Waals surface area contributed by atoms with Crippen LogP contribution in [0, 0.1) is 17.3 Å². The van der Waals surface area contributed by atoms with Crippen LogP contribution in [0.4, 0.5) is 0 Å². The van der Waals surface area contributed by atoms with Gasteiger partial charge >= 0.3 is 0 Å². The van der Waals surface area contributed by atoms with Crippen LogP contribution in [-0.4, -0.2) is 5.78 Å². The van der Waals surface area contributed by atoms with Gasteiger partial charge in [0.1, 0.15) is 5.78 Å². The normalized spacial score (nSPS) is 24.4. The average molecular weight is 252 g/mol. The summed E-state index contributed by atoms with van der Waals surface area (Å²) in [5, 5.41) is 2.45. The van der Waals surface area contributed by atoms with Crippen LogP contribution in [0.1, 0.15) is 26.3 Å². The van der Waals surface area contributed by atoms with Crippen LogP contribution in [0.5, 0.6) is 0 Å². The van der Waals surface area contributed by atoms with Crippen LogP contribution in [0.2, 0.25) is 0 Å². The van der Waals surface area contributed by atoms with Gasteiger partial charge in [0.2, 0.25) is 0 Å². The molecule has 2 aromatic rings. The zero-order valence-corrected chi connectivity index (χ0v) is 11.8. The molecule has 1 heteroatoms. The molecule has 0 bridgehead atoms. The molecular formula is C18H20O. The highest BCUT2D eigenvalue weighted by molar-refractivity contribution is 5.89. The van der Waals surface area contributed by atoms with E-state index in [9.17, 15) is 4.79 Å². The molecule has 19 heavy (non-hydrogen) atoms. The van der Waals surface area contributed by atoms with Crippen molar-refractivity contribution in [3.05, 3.63) is 48.0 Å². The van der Waals surface area contributed by atoms with Gasteiger partial charge in [-0.2, -0.15) is 0 Å². The van der Waals surface area contributed by atoms with Gasteiger partial charge < -0.3 is 0 Å². The van der Waals surface area contributed by atoms with Gasteiger partial charge in [0.25, 0.3) is 0 Å². The maximum absolute atomic E-state index is 12.3. The van der Waals surface area contributed by atoms with Crippen molar-refractivity contribution >= 4 is 16.6 Å². The summed E-state index contributed by atoms with van der Waals surface area (Å²) in [6, 6.07) is 14.6. The van der Waals surface area contributed by atoms with Gasteiger partial charge in [-0.1, -0.05) is 63.2 Å². The second-order valence-corrected chi connectivity index (χ2v) is 6.41. The van der Waals surface area contributed by atoms with Gasteiger partial charge in [0.15, 0.2) is 0 Å². The monoisotopic (exact) mass is 252 g/mol. The number of carbonyl (C=O) groups excluding carboxylic acids is 1. The molecule has 1 fully saturated rings. The Bertz CT molecular complexity index is 639. The molecule has 3 rings (SSSR count). The third-order valence-electron chi connectivity index (χ3n) is 4.91. The molecular weight excluding hydrogens is 232 g/mol. The smallest absolute Gasteiger partial charge is 0.141 e. The number of Topliss-reactive ketones (excluding diaryl/α,β-unsaturated/α-hetero) is 1. The highest BCUT2D eigenvalue weighted by atomic mass is 16.1. The quantitative estimate of drug-likeness (QED) is 0.798. The Kier molecular flexibility index (Phi) is 2.74. The molecule has 98 valence electrons. The van der Waals surface area contributed by atoms with Crippen molar-refractivity contribution in [2.45, 2.75) is 27.2 Å². The van der Waals surface area contributed by atoms with Crippen molar-refractivity contribution in [1.82, 2.24) is 0 Å². The average Bonchev–Trinajstić information content (AvgIpc) is 2.88. The fraction of sp³-hybridized carbons (Fsp3) is 0.389. The second-order valence-electron chi connectivity index (χ2n) is 6.41. The van der Waals surface area contributed by atoms with Crippen LogP contribution < -0.4 is 0 Å². The molecule has 0 heterocycles. The Labute approximate surface area is 114 Å². The molecule has 1 aliphatic carbocycles. The van der Waals surface area contributed by atoms with Gasteiger partial charge in [-0.15, -0.1) is 0 Å². The molecule has 0 spiro atoms. The van der Waals surface area contributed by atoms with Crippen molar-refractivity contribution in [3.63, 3.8) is 0 Å². The Morgan fingerprint density at radius 3 is 2.37 bits per heavy atom. The first-order valence-corrected chi connectivity index (χ1v) is 7.00. The van der Waals surface area contributed by atoms with Crippen molar-refractivity contribution in [2.75, 3.05) is 0 Å². The summed E-state index contributed by atoms with van der Waals surface area (Å²) in [5.74, 6) is 1.17. The molecule has 0 saturated heterocycles. The SMILES string of the molecule is CC1C(C(=O)Cc2ccc3ccccc3c2)C1(C)C. The Hall–Kier alpha value is -1.63. The van der Waals surface area contributed by atoms with Crippen molar-refractivity contribution in [1.29, 1.82) is 0 Å². The number of rotatable bonds is 3. The summed E-state index contributed by atoms with van der Waals surface area (Å²) in [7, 11) is 0. The third kappa shape index (κ3) is 2.07. The van der Waals surface area contributed by atoms with Crippen LogP contribution >= 0.6 is 0 Å². The Morgan fingerprint density at radius 2 is 1.74 bits per heavy atom. The van der Waals surface area contributed by atoms with Gasteiger partial charge in [-0.05, 0) is 27.7 Å². The van der Waals surface area contributed by atoms with Crippen LogP contribution in [0.3, 0.4) is 0 Å². The first-order valence-electron chi connectivity index (χ1n) is 7.00. The maximum Gasteiger partial charge on any atom is 0.141 e. The molecule has 0 radical (unpaired) electrons. The van der Waals surface area contributed by atoms with Gasteiger partial charge in [-0.3, -0.25) is 4.79 Å². The van der Waals surface area contributed by atoms with E-state index in [1.807, 2.05) is 12.1 Å². The van der Waals surface area contributed by atoms with E-state index in [0.29, 0.717) is 18.1 Å². The van der Waals surface area contributed by atoms with E-state index >= 15 is 0 Å². The van der Waals surface area contributed by atoms with Crippen LogP contribution in [0.15, 0.2) is 42.5 Å². The highest BCUT2D eigenvalue weighted by Crippen LogP contribution is 2.58. The maximum atomic E-state index is 12.3. The molecule has 1 nitrogen and oxygen atoms in total. The highest BCUT2D eigenvalue weighted by Gasteiger charge is 2.57. The summed E-state index contributed by atoms with van der Waals surface area (Å²) in [6.07, 6.45) is 0.573. The summed E-state index contributed by atoms with van der Waals surface area (Å²) in [5.41, 5.74) is 1.34. The Balaban J connectivity index is 1.81. The topological polar surface area (TPSA) is 17.1 Å². The lowest BCUT2D eigenvalue weighted by Crippen LogP contribution is -2.09. The number of hydrogen-bond acceptors (Lipinski definition) is 1. The number of hydrogen-bond donors (Lipinski definition) is 0. The van der Waals surface area contributed by atoms with Gasteiger partial charge in [0, 0.05) is 12.3 Å². The molecule has 0 aliphatic heterocycles. The zero-order chi connectivity index (χ0) is 13.6. The minimum Gasteiger partial charge on any atom is -0.299 e. The lowest BCUT2D eigenvalue weighted by atomic mass is 9.99. The molecule has 1 saturated carbocycles. The zero-order valence-electron chi connectivity index (χ0n) is 11.8. The van der Waals surface area contributed by atoms with E-state index < -0.39 is 0 Å². The molecule has 0 aromatic heterocycles. The lowest BCUT2D eigenvalue weighted by molar-refractivity contribution is -0.120. The lowest BCUT2D eigenvalue weighted by Gasteiger charge is -2.05. The number of fused-ring (bicyclic) bond motifs is 1. The van der Waals surface area contributed by atoms with E-state index in [0.717, 1.165) is 5.56 Å². The standard InChI is InChI=1S/C18H20O/c1-12-17(18(12,2)3)16(19)11-13-8-9-14-6-4-5-7-15(14)10-13/h4-10,12,17H,11H2,1-3H3. The molecule has 0 amide bonds. The number of ketones is 1. The molecule has 2 atom stereocenters. The summed E-state index contributed by atoms with van der Waals surface area (Å²) in [6.45, 7) is 6.57. The summed E-state index contributed by atoms with van der Waals surface area (Å²) < 4.78 is 0. The minimum atomic E-state index is 0.202. The van der Waals surface area contributed by atoms with Crippen LogP contribution in [0.25, 0.3) is 10.8 Å². The van der Waals surface area contributed by atoms with Crippen molar-refractivity contribution in [3.8, 4) is 0 Å². The first-order chi connectivity index (χ1) is 9.00. The van der Waals surface area contributed by atoms with Gasteiger partial charge in [0.05, 0.1) is 0 Å². The predicted molar refractivity (Wildman–Crippen MR) is 79.1 cm³/mol. The Morgan fingerprint density at radius 1 is 1.11 bits per heavy atom. The van der Waals surface area contributed by atoms with E-state index in [-0.39, 0.29) is 11.3 Å². The van der Waals surface area contributed by atoms with E-state index in [1.165, 1.54) is 10.8 Å². The van der Waals surface area contributed by atoms with Crippen LogP contribution in [-0.2, 0) is 11.2 Å². The molecule has 2 aromatic carbocycles. The summed E-state index contributed by atoms with van der Waals surface area (Å²) in [4.78, 5) is 12.3. The minimum absolute atomic E-state index is 0.202. The van der Waals surface area contributed by atoms with E-state index in [1.54, 1.807) is 0 Å². The third-order valence-corrected chi connectivity index (χ3v) is 4.91. The molecule has 1 aliphatic rings. The van der Waals surface area contributed by atoms with Crippen molar-refractivity contribution < 1.29 is 4.79 Å². The second kappa shape index (κ2) is 4.19. The summed E-state index contributed by atoms with van der Waals surface area (Å²) >= 11 is 0. The van der Waals surface area contributed by atoms with Gasteiger partial charge in [-0.25, -0.2) is 0 Å². The fourth-order valence-corrected chi connectivity index (χ4v) is 3.25. The number of carbonyl (C=O) groups is 1.